The monoisotopic (exact) mass is 161 g/mol. The molecule has 0 spiro atoms. The molecule has 0 fully saturated rings. The lowest BCUT2D eigenvalue weighted by Crippen LogP contribution is -1.84. The first-order valence-electron chi connectivity index (χ1n) is 3.58. The van der Waals surface area contributed by atoms with E-state index >= 15 is 0 Å². The normalized spacial score (nSPS) is 10.4. The van der Waals surface area contributed by atoms with Gasteiger partial charge in [-0.05, 0) is 24.2 Å². The minimum Gasteiger partial charge on any atom is -0.302 e. The maximum Gasteiger partial charge on any atom is 0.137 e. The third-order valence-corrected chi connectivity index (χ3v) is 1.78. The van der Waals surface area contributed by atoms with Gasteiger partial charge in [-0.3, -0.25) is 0 Å². The second kappa shape index (κ2) is 2.41. The number of nitrogens with zero attached hydrogens (tertiary/aromatic N) is 3. The molecule has 0 radical (unpaired) electrons. The maximum atomic E-state index is 10.2. The summed E-state index contributed by atoms with van der Waals surface area (Å²) in [5.41, 5.74) is 2.25. The lowest BCUT2D eigenvalue weighted by atomic mass is 10.4. The lowest BCUT2D eigenvalue weighted by Gasteiger charge is -1.94. The van der Waals surface area contributed by atoms with E-state index in [2.05, 4.69) is 10.2 Å². The average Bonchev–Trinajstić information content (AvgIpc) is 2.47. The summed E-state index contributed by atoms with van der Waals surface area (Å²) in [6.45, 7) is 1.93. The van der Waals surface area contributed by atoms with Gasteiger partial charge in [0.1, 0.15) is 11.3 Å². The molecular weight excluding hydrogens is 154 g/mol. The molecule has 2 aromatic heterocycles. The molecule has 0 saturated carbocycles. The third-order valence-electron chi connectivity index (χ3n) is 1.78. The molecule has 0 aliphatic rings. The first-order chi connectivity index (χ1) is 5.81. The first-order valence-corrected chi connectivity index (χ1v) is 3.58. The van der Waals surface area contributed by atoms with Crippen LogP contribution in [0.2, 0.25) is 0 Å². The number of fused-ring (bicyclic) bond motifs is 1. The average molecular weight is 161 g/mol. The van der Waals surface area contributed by atoms with E-state index in [1.54, 1.807) is 24.5 Å². The molecular formula is C8H7N3O. The molecule has 0 N–H and O–H groups in total. The summed E-state index contributed by atoms with van der Waals surface area (Å²) in [6, 6.07) is 3.42. The lowest BCUT2D eigenvalue weighted by molar-refractivity contribution is 1.11. The van der Waals surface area contributed by atoms with Crippen LogP contribution in [-0.4, -0.2) is 9.38 Å². The third kappa shape index (κ3) is 0.887. The van der Waals surface area contributed by atoms with Crippen molar-refractivity contribution >= 4 is 11.3 Å². The van der Waals surface area contributed by atoms with Gasteiger partial charge in [0, 0.05) is 18.1 Å². The van der Waals surface area contributed by atoms with Crippen molar-refractivity contribution in [1.82, 2.24) is 9.38 Å². The fourth-order valence-electron chi connectivity index (χ4n) is 1.15. The molecule has 2 aromatic rings. The maximum absolute atomic E-state index is 10.2. The number of imidazole rings is 1. The highest BCUT2D eigenvalue weighted by Crippen LogP contribution is 2.14. The van der Waals surface area contributed by atoms with Crippen LogP contribution >= 0.6 is 0 Å². The molecule has 0 saturated heterocycles. The van der Waals surface area contributed by atoms with Gasteiger partial charge in [0.15, 0.2) is 0 Å². The van der Waals surface area contributed by atoms with Crippen molar-refractivity contribution in [2.24, 2.45) is 5.18 Å². The van der Waals surface area contributed by atoms with E-state index in [4.69, 9.17) is 0 Å². The summed E-state index contributed by atoms with van der Waals surface area (Å²) >= 11 is 0. The molecule has 2 heterocycles. The van der Waals surface area contributed by atoms with E-state index in [0.29, 0.717) is 5.69 Å². The molecule has 2 rings (SSSR count). The standard InChI is InChI=1S/C8H7N3O/c1-6-4-9-8-3-2-7(10-12)5-11(6)8/h2-5H,1H3. The fraction of sp³-hybridized carbons (Fsp3) is 0.125. The van der Waals surface area contributed by atoms with Gasteiger partial charge >= 0.3 is 0 Å². The Morgan fingerprint density at radius 1 is 1.50 bits per heavy atom. The summed E-state index contributed by atoms with van der Waals surface area (Å²) in [7, 11) is 0. The van der Waals surface area contributed by atoms with E-state index < -0.39 is 0 Å². The predicted octanol–water partition coefficient (Wildman–Crippen LogP) is 2.04. The molecule has 4 heteroatoms. The van der Waals surface area contributed by atoms with Gasteiger partial charge in [-0.25, -0.2) is 4.98 Å². The Bertz CT molecular complexity index is 433. The number of aromatic nitrogens is 2. The van der Waals surface area contributed by atoms with Crippen LogP contribution < -0.4 is 0 Å². The molecule has 4 nitrogen and oxygen atoms in total. The van der Waals surface area contributed by atoms with Crippen LogP contribution in [-0.2, 0) is 0 Å². The molecule has 0 aliphatic carbocycles. The molecule has 0 bridgehead atoms. The zero-order valence-corrected chi connectivity index (χ0v) is 6.56. The molecule has 0 unspecified atom stereocenters. The van der Waals surface area contributed by atoms with E-state index in [1.807, 2.05) is 11.3 Å². The topological polar surface area (TPSA) is 46.7 Å². The summed E-state index contributed by atoms with van der Waals surface area (Å²) in [4.78, 5) is 14.3. The van der Waals surface area contributed by atoms with Gasteiger partial charge in [-0.2, -0.15) is 0 Å². The highest BCUT2D eigenvalue weighted by Gasteiger charge is 1.98. The Hall–Kier alpha value is -1.71. The largest absolute Gasteiger partial charge is 0.302 e. The van der Waals surface area contributed by atoms with Crippen molar-refractivity contribution in [2.45, 2.75) is 6.92 Å². The van der Waals surface area contributed by atoms with Gasteiger partial charge in [-0.1, -0.05) is 0 Å². The van der Waals surface area contributed by atoms with Crippen molar-refractivity contribution in [3.05, 3.63) is 35.1 Å². The highest BCUT2D eigenvalue weighted by atomic mass is 16.3. The number of nitroso groups, excluding NO2 is 1. The van der Waals surface area contributed by atoms with Gasteiger partial charge in [-0.15, -0.1) is 4.91 Å². The van der Waals surface area contributed by atoms with Crippen molar-refractivity contribution < 1.29 is 0 Å². The summed E-state index contributed by atoms with van der Waals surface area (Å²) < 4.78 is 1.83. The van der Waals surface area contributed by atoms with Crippen molar-refractivity contribution in [3.63, 3.8) is 0 Å². The zero-order chi connectivity index (χ0) is 8.55. The Labute approximate surface area is 68.8 Å². The van der Waals surface area contributed by atoms with Gasteiger partial charge in [0.2, 0.25) is 0 Å². The van der Waals surface area contributed by atoms with E-state index in [-0.39, 0.29) is 0 Å². The van der Waals surface area contributed by atoms with Crippen LogP contribution in [0.3, 0.4) is 0 Å². The quantitative estimate of drug-likeness (QED) is 0.601. The minimum atomic E-state index is 0.420. The number of pyridine rings is 1. The zero-order valence-electron chi connectivity index (χ0n) is 6.56. The molecule has 60 valence electrons. The van der Waals surface area contributed by atoms with Crippen LogP contribution in [0.1, 0.15) is 5.69 Å². The Morgan fingerprint density at radius 2 is 2.33 bits per heavy atom. The van der Waals surface area contributed by atoms with E-state index in [0.717, 1.165) is 11.3 Å². The van der Waals surface area contributed by atoms with E-state index in [9.17, 15) is 4.91 Å². The van der Waals surface area contributed by atoms with Gasteiger partial charge in [0.05, 0.1) is 0 Å². The molecule has 0 aromatic carbocycles. The summed E-state index contributed by atoms with van der Waals surface area (Å²) in [5, 5.41) is 2.84. The second-order valence-electron chi connectivity index (χ2n) is 2.61. The molecule has 12 heavy (non-hydrogen) atoms. The first kappa shape index (κ1) is 6.97. The van der Waals surface area contributed by atoms with Crippen molar-refractivity contribution in [1.29, 1.82) is 0 Å². The Morgan fingerprint density at radius 3 is 3.08 bits per heavy atom. The number of hydrogen-bond donors (Lipinski definition) is 0. The van der Waals surface area contributed by atoms with Crippen LogP contribution in [0.4, 0.5) is 5.69 Å². The van der Waals surface area contributed by atoms with Gasteiger partial charge < -0.3 is 4.40 Å². The number of rotatable bonds is 1. The van der Waals surface area contributed by atoms with Crippen LogP contribution in [0.5, 0.6) is 0 Å². The molecule has 0 amide bonds. The second-order valence-corrected chi connectivity index (χ2v) is 2.61. The fourth-order valence-corrected chi connectivity index (χ4v) is 1.15. The number of aryl methyl sites for hydroxylation is 1. The Balaban J connectivity index is 2.79. The molecule has 0 aliphatic heterocycles. The van der Waals surface area contributed by atoms with Crippen molar-refractivity contribution in [3.8, 4) is 0 Å². The smallest absolute Gasteiger partial charge is 0.137 e. The summed E-state index contributed by atoms with van der Waals surface area (Å²) in [6.07, 6.45) is 3.43. The Kier molecular flexibility index (Phi) is 1.40. The van der Waals surface area contributed by atoms with Crippen molar-refractivity contribution in [2.75, 3.05) is 0 Å². The summed E-state index contributed by atoms with van der Waals surface area (Å²) in [5.74, 6) is 0. The predicted molar refractivity (Wildman–Crippen MR) is 45.4 cm³/mol. The SMILES string of the molecule is Cc1cnc2ccc(N=O)cn12. The minimum absolute atomic E-state index is 0.420. The number of hydrogen-bond acceptors (Lipinski definition) is 3. The van der Waals surface area contributed by atoms with E-state index in [1.165, 1.54) is 0 Å². The molecule has 0 atom stereocenters. The van der Waals surface area contributed by atoms with Crippen LogP contribution in [0.15, 0.2) is 29.7 Å². The highest BCUT2D eigenvalue weighted by molar-refractivity contribution is 5.47. The van der Waals surface area contributed by atoms with Crippen LogP contribution in [0, 0.1) is 11.8 Å². The van der Waals surface area contributed by atoms with Crippen LogP contribution in [0.25, 0.3) is 5.65 Å². The van der Waals surface area contributed by atoms with Gasteiger partial charge in [0.25, 0.3) is 0 Å².